The van der Waals surface area contributed by atoms with Crippen LogP contribution >= 0.6 is 0 Å². The first-order valence-electron chi connectivity index (χ1n) is 3.38. The van der Waals surface area contributed by atoms with Gasteiger partial charge in [0.15, 0.2) is 0 Å². The normalized spacial score (nSPS) is 10.2. The summed E-state index contributed by atoms with van der Waals surface area (Å²) < 4.78 is 1.16. The van der Waals surface area contributed by atoms with Gasteiger partial charge in [-0.3, -0.25) is 0 Å². The number of rotatable bonds is 0. The second-order valence-electron chi connectivity index (χ2n) is 2.36. The van der Waals surface area contributed by atoms with Crippen LogP contribution in [0.5, 0.6) is 0 Å². The Bertz CT molecular complexity index is 384. The summed E-state index contributed by atoms with van der Waals surface area (Å²) in [6, 6.07) is 10.1. The Morgan fingerprint density at radius 3 is 3.00 bits per heavy atom. The summed E-state index contributed by atoms with van der Waals surface area (Å²) in [6.07, 6.45) is 1.81. The van der Waals surface area contributed by atoms with Gasteiger partial charge in [-0.25, -0.2) is 0 Å². The van der Waals surface area contributed by atoms with Crippen molar-refractivity contribution >= 4 is 31.4 Å². The molecule has 1 aromatic carbocycles. The molecule has 0 bridgehead atoms. The minimum atomic E-state index is 1.05. The molecule has 0 unspecified atom stereocenters. The summed E-state index contributed by atoms with van der Waals surface area (Å²) in [5.41, 5.74) is 1.05. The van der Waals surface area contributed by atoms with Crippen LogP contribution in [0, 0.1) is 0 Å². The van der Waals surface area contributed by atoms with Crippen LogP contribution in [-0.4, -0.2) is 21.0 Å². The van der Waals surface area contributed by atoms with E-state index < -0.39 is 0 Å². The Balaban J connectivity index is 2.83. The minimum absolute atomic E-state index is 1.05. The van der Waals surface area contributed by atoms with Gasteiger partial charge in [0.25, 0.3) is 0 Å². The molecular weight excluding hydrogens is 201 g/mol. The predicted octanol–water partition coefficient (Wildman–Crippen LogP) is 1.03. The topological polar surface area (TPSA) is 12.9 Å². The molecule has 1 aromatic heterocycles. The van der Waals surface area contributed by atoms with Crippen molar-refractivity contribution < 1.29 is 0 Å². The summed E-state index contributed by atoms with van der Waals surface area (Å²) in [7, 11) is 0. The predicted molar refractivity (Wildman–Crippen MR) is 47.1 cm³/mol. The van der Waals surface area contributed by atoms with Crippen LogP contribution in [0.3, 0.4) is 0 Å². The third-order valence-corrected chi connectivity index (χ3v) is 2.11. The van der Waals surface area contributed by atoms with Gasteiger partial charge in [-0.05, 0) is 0 Å². The average Bonchev–Trinajstić information content (AvgIpc) is 2.04. The summed E-state index contributed by atoms with van der Waals surface area (Å²) in [6.45, 7) is 0. The van der Waals surface area contributed by atoms with E-state index in [1.54, 1.807) is 6.20 Å². The van der Waals surface area contributed by atoms with Crippen molar-refractivity contribution in [3.8, 4) is 0 Å². The maximum absolute atomic E-state index is 4.21. The van der Waals surface area contributed by atoms with E-state index in [9.17, 15) is 0 Å². The molecule has 0 atom stereocenters. The molecule has 2 heteroatoms. The van der Waals surface area contributed by atoms with Crippen molar-refractivity contribution in [2.45, 2.75) is 0 Å². The van der Waals surface area contributed by atoms with Crippen molar-refractivity contribution in [2.75, 3.05) is 0 Å². The van der Waals surface area contributed by atoms with Crippen LogP contribution in [0.2, 0.25) is 0 Å². The van der Waals surface area contributed by atoms with Crippen LogP contribution in [-0.2, 0) is 0 Å². The van der Waals surface area contributed by atoms with Crippen LogP contribution in [0.4, 0.5) is 0 Å². The van der Waals surface area contributed by atoms with Gasteiger partial charge in [-0.2, -0.15) is 0 Å². The standard InChI is InChI=1S/C9H6NSe/c11-8-3-4-9-7(6-8)2-1-5-10-9/h1-6H. The Kier molecular flexibility index (Phi) is 1.65. The first-order valence-corrected chi connectivity index (χ1v) is 4.24. The maximum atomic E-state index is 4.21. The summed E-state index contributed by atoms with van der Waals surface area (Å²) in [5.74, 6) is 0. The van der Waals surface area contributed by atoms with Gasteiger partial charge in [0, 0.05) is 0 Å². The Labute approximate surface area is 73.3 Å². The fourth-order valence-electron chi connectivity index (χ4n) is 1.05. The summed E-state index contributed by atoms with van der Waals surface area (Å²) in [4.78, 5) is 4.21. The van der Waals surface area contributed by atoms with E-state index in [0.29, 0.717) is 0 Å². The fraction of sp³-hybridized carbons (Fsp3) is 0. The number of hydrogen-bond acceptors (Lipinski definition) is 1. The number of fused-ring (bicyclic) bond motifs is 1. The zero-order valence-corrected chi connectivity index (χ0v) is 7.53. The SMILES string of the molecule is [Se]c1ccc2ncccc2c1. The van der Waals surface area contributed by atoms with E-state index in [2.05, 4.69) is 33.1 Å². The molecule has 0 aliphatic heterocycles. The van der Waals surface area contributed by atoms with E-state index >= 15 is 0 Å². The molecule has 1 heterocycles. The van der Waals surface area contributed by atoms with Gasteiger partial charge in [0.05, 0.1) is 0 Å². The zero-order chi connectivity index (χ0) is 7.68. The van der Waals surface area contributed by atoms with E-state index in [0.717, 1.165) is 9.98 Å². The quantitative estimate of drug-likeness (QED) is 0.588. The molecule has 2 aromatic rings. The Hall–Kier alpha value is -0.851. The molecule has 1 radical (unpaired) electrons. The molecule has 0 saturated heterocycles. The van der Waals surface area contributed by atoms with Gasteiger partial charge in [0.1, 0.15) is 0 Å². The molecule has 0 aliphatic rings. The van der Waals surface area contributed by atoms with Gasteiger partial charge < -0.3 is 0 Å². The van der Waals surface area contributed by atoms with Crippen LogP contribution in [0.1, 0.15) is 0 Å². The molecule has 53 valence electrons. The second kappa shape index (κ2) is 2.65. The third kappa shape index (κ3) is 1.28. The molecule has 0 saturated carbocycles. The van der Waals surface area contributed by atoms with E-state index in [1.807, 2.05) is 18.2 Å². The zero-order valence-electron chi connectivity index (χ0n) is 5.82. The molecule has 0 amide bonds. The third-order valence-electron chi connectivity index (χ3n) is 1.57. The summed E-state index contributed by atoms with van der Waals surface area (Å²) >= 11 is 2.97. The van der Waals surface area contributed by atoms with Crippen molar-refractivity contribution in [1.82, 2.24) is 4.98 Å². The molecule has 0 spiro atoms. The summed E-state index contributed by atoms with van der Waals surface area (Å²) in [5, 5.41) is 1.18. The molecule has 1 nitrogen and oxygen atoms in total. The Morgan fingerprint density at radius 2 is 2.09 bits per heavy atom. The van der Waals surface area contributed by atoms with Crippen LogP contribution in [0.25, 0.3) is 10.9 Å². The van der Waals surface area contributed by atoms with Crippen molar-refractivity contribution in [2.24, 2.45) is 0 Å². The number of pyridine rings is 1. The first-order chi connectivity index (χ1) is 5.36. The molecule has 11 heavy (non-hydrogen) atoms. The molecule has 0 N–H and O–H groups in total. The van der Waals surface area contributed by atoms with Crippen molar-refractivity contribution in [1.29, 1.82) is 0 Å². The number of nitrogens with zero attached hydrogens (tertiary/aromatic N) is 1. The average molecular weight is 207 g/mol. The molecule has 0 aliphatic carbocycles. The molecule has 0 fully saturated rings. The molecule has 2 rings (SSSR count). The van der Waals surface area contributed by atoms with Gasteiger partial charge >= 0.3 is 72.9 Å². The van der Waals surface area contributed by atoms with Gasteiger partial charge in [-0.15, -0.1) is 0 Å². The first kappa shape index (κ1) is 6.83. The Morgan fingerprint density at radius 1 is 1.18 bits per heavy atom. The molecular formula is C9H6NSe. The van der Waals surface area contributed by atoms with Gasteiger partial charge in [0.2, 0.25) is 0 Å². The van der Waals surface area contributed by atoms with Crippen molar-refractivity contribution in [3.63, 3.8) is 0 Å². The van der Waals surface area contributed by atoms with E-state index in [-0.39, 0.29) is 0 Å². The number of benzene rings is 1. The second-order valence-corrected chi connectivity index (χ2v) is 3.35. The van der Waals surface area contributed by atoms with Crippen LogP contribution < -0.4 is 4.46 Å². The van der Waals surface area contributed by atoms with E-state index in [4.69, 9.17) is 0 Å². The van der Waals surface area contributed by atoms with Crippen LogP contribution in [0.15, 0.2) is 36.5 Å². The fourth-order valence-corrected chi connectivity index (χ4v) is 1.46. The monoisotopic (exact) mass is 208 g/mol. The van der Waals surface area contributed by atoms with Gasteiger partial charge in [-0.1, -0.05) is 0 Å². The van der Waals surface area contributed by atoms with Crippen molar-refractivity contribution in [3.05, 3.63) is 36.5 Å². The number of hydrogen-bond donors (Lipinski definition) is 0. The van der Waals surface area contributed by atoms with E-state index in [1.165, 1.54) is 5.39 Å². The number of aromatic nitrogens is 1.